The topological polar surface area (TPSA) is 105 Å². The van der Waals surface area contributed by atoms with Crippen LogP contribution in [0.3, 0.4) is 0 Å². The number of hydrogen-bond acceptors (Lipinski definition) is 6. The normalized spacial score (nSPS) is 12.3. The predicted molar refractivity (Wildman–Crippen MR) is 625 cm³/mol. The largest absolute Gasteiger partial charge is 0.309 e. The Morgan fingerprint density at radius 1 is 0.140 bits per heavy atom. The van der Waals surface area contributed by atoms with Crippen molar-refractivity contribution in [1.82, 2.24) is 56.8 Å². The first-order chi connectivity index (χ1) is 74.5. The van der Waals surface area contributed by atoms with E-state index >= 15 is 0 Å². The van der Waals surface area contributed by atoms with Crippen molar-refractivity contribution in [2.75, 3.05) is 0 Å². The van der Waals surface area contributed by atoms with Crippen molar-refractivity contribution in [2.24, 2.45) is 0 Å². The highest BCUT2D eigenvalue weighted by Gasteiger charge is 2.31. The number of para-hydroxylation sites is 8. The van der Waals surface area contributed by atoms with Crippen LogP contribution in [-0.2, 0) is 0 Å². The zero-order valence-corrected chi connectivity index (χ0v) is 80.6. The molecule has 0 N–H and O–H groups in total. The lowest BCUT2D eigenvalue weighted by molar-refractivity contribution is 1.08. The van der Waals surface area contributed by atoms with Gasteiger partial charge in [0.1, 0.15) is 5.69 Å². The summed E-state index contributed by atoms with van der Waals surface area (Å²) in [6, 6.07) is 174. The third-order valence-corrected chi connectivity index (χ3v) is 31.8. The molecule has 0 saturated heterocycles. The SMILES string of the molecule is c1ccc(-c2nc(-c3cccc(-n4c5cccc6c7cccc8c9c%10ccccc%10ccc9n(c9cccc4c9c65)c78)c3)nc3ccccc23)cc1.c1ccc(-c2nc3ccccc3nc2-c2ccc(-n3c4cccc5c6cccc7c8c9ccccc9ccc8n(c8cccc3c8c54)c67)cc2)cc1.c1ccc(-c2nc3ccccc3nc2-n2c3cccc4c5cccc6c7c8ccccc8ccc7n(c7cccc2c7c43)c56)cc1. The number of nitrogens with zero attached hydrogens (tertiary/aromatic N) is 12. The average molecular weight is 1910 g/mol. The molecule has 0 amide bonds. The lowest BCUT2D eigenvalue weighted by Gasteiger charge is -2.14. The summed E-state index contributed by atoms with van der Waals surface area (Å²) in [5, 5.41) is 31.5. The summed E-state index contributed by atoms with van der Waals surface area (Å²) in [4.78, 5) is 31.2. The fourth-order valence-corrected chi connectivity index (χ4v) is 25.7. The molecule has 0 radical (unpaired) electrons. The van der Waals surface area contributed by atoms with Crippen molar-refractivity contribution < 1.29 is 0 Å². The summed E-state index contributed by atoms with van der Waals surface area (Å²) in [7, 11) is 0. The Morgan fingerprint density at radius 3 is 0.880 bits per heavy atom. The van der Waals surface area contributed by atoms with Gasteiger partial charge >= 0.3 is 0 Å². The Labute approximate surface area is 854 Å². The first-order valence-electron chi connectivity index (χ1n) is 51.2. The quantitative estimate of drug-likeness (QED) is 0.150. The number of benzene rings is 23. The summed E-state index contributed by atoms with van der Waals surface area (Å²) < 4.78 is 14.7. The van der Waals surface area contributed by atoms with Crippen LogP contribution in [0.25, 0.3) is 319 Å². The van der Waals surface area contributed by atoms with Gasteiger partial charge in [-0.05, 0) is 176 Å². The van der Waals surface area contributed by atoms with Gasteiger partial charge in [-0.2, -0.15) is 0 Å². The molecular weight excluding hydrogens is 1830 g/mol. The highest BCUT2D eigenvalue weighted by atomic mass is 15.1. The summed E-state index contributed by atoms with van der Waals surface area (Å²) in [5.74, 6) is 1.55. The van der Waals surface area contributed by atoms with Gasteiger partial charge in [-0.1, -0.05) is 358 Å². The van der Waals surface area contributed by atoms with E-state index in [9.17, 15) is 0 Å². The molecule has 0 spiro atoms. The molecule has 23 aromatic carbocycles. The van der Waals surface area contributed by atoms with E-state index in [0.717, 1.165) is 112 Å². The highest BCUT2D eigenvalue weighted by Crippen LogP contribution is 2.52. The minimum Gasteiger partial charge on any atom is -0.309 e. The zero-order valence-electron chi connectivity index (χ0n) is 80.6. The monoisotopic (exact) mass is 1900 g/mol. The van der Waals surface area contributed by atoms with Crippen LogP contribution >= 0.6 is 0 Å². The lowest BCUT2D eigenvalue weighted by Crippen LogP contribution is -2.03. The van der Waals surface area contributed by atoms with E-state index in [1.54, 1.807) is 0 Å². The predicted octanol–water partition coefficient (Wildman–Crippen LogP) is 35.4. The molecule has 35 rings (SSSR count). The molecule has 0 fully saturated rings. The second kappa shape index (κ2) is 31.6. The molecule has 12 nitrogen and oxygen atoms in total. The Morgan fingerprint density at radius 2 is 0.433 bits per heavy atom. The maximum absolute atomic E-state index is 5.35. The smallest absolute Gasteiger partial charge is 0.165 e. The highest BCUT2D eigenvalue weighted by molar-refractivity contribution is 6.38. The Kier molecular flexibility index (Phi) is 17.3. The average Bonchev–Trinajstić information content (AvgIpc) is 1.52. The number of hydrogen-bond donors (Lipinski definition) is 0. The first-order valence-corrected chi connectivity index (χ1v) is 51.2. The number of fused-ring (bicyclic) bond motifs is 24. The molecule has 0 bridgehead atoms. The van der Waals surface area contributed by atoms with E-state index in [1.165, 1.54) is 201 Å². The van der Waals surface area contributed by atoms with E-state index in [4.69, 9.17) is 29.9 Å². The number of aromatic nitrogens is 12. The van der Waals surface area contributed by atoms with Gasteiger partial charge in [0.05, 0.1) is 127 Å². The van der Waals surface area contributed by atoms with E-state index in [2.05, 4.69) is 445 Å². The van der Waals surface area contributed by atoms with Crippen molar-refractivity contribution in [3.05, 3.63) is 485 Å². The summed E-state index contributed by atoms with van der Waals surface area (Å²) in [5.41, 5.74) is 33.5. The maximum atomic E-state index is 5.35. The molecule has 12 aromatic heterocycles. The Hall–Kier alpha value is -20.3. The van der Waals surface area contributed by atoms with Crippen molar-refractivity contribution in [3.63, 3.8) is 0 Å². The molecule has 12 heteroatoms. The molecule has 0 saturated carbocycles. The third kappa shape index (κ3) is 11.7. The number of rotatable bonds is 8. The van der Waals surface area contributed by atoms with E-state index in [1.807, 2.05) is 66.7 Å². The second-order valence-electron chi connectivity index (χ2n) is 39.7. The Bertz CT molecular complexity index is 11900. The summed E-state index contributed by atoms with van der Waals surface area (Å²) in [6.45, 7) is 0. The van der Waals surface area contributed by atoms with Gasteiger partial charge in [-0.15, -0.1) is 0 Å². The van der Waals surface area contributed by atoms with Crippen LogP contribution in [-0.4, -0.2) is 56.8 Å². The van der Waals surface area contributed by atoms with E-state index < -0.39 is 0 Å². The minimum atomic E-state index is 0.713. The Balaban J connectivity index is 0.0000000976. The van der Waals surface area contributed by atoms with Crippen LogP contribution in [0, 0.1) is 0 Å². The van der Waals surface area contributed by atoms with Crippen LogP contribution < -0.4 is 0 Å². The molecule has 0 unspecified atom stereocenters. The summed E-state index contributed by atoms with van der Waals surface area (Å²) in [6.07, 6.45) is 0. The van der Waals surface area contributed by atoms with Crippen LogP contribution in [0.5, 0.6) is 0 Å². The van der Waals surface area contributed by atoms with Crippen molar-refractivity contribution >= 4 is 245 Å². The molecule has 692 valence electrons. The van der Waals surface area contributed by atoms with Gasteiger partial charge in [0.15, 0.2) is 11.6 Å². The van der Waals surface area contributed by atoms with E-state index in [0.29, 0.717) is 5.82 Å². The van der Waals surface area contributed by atoms with Crippen LogP contribution in [0.15, 0.2) is 485 Å². The van der Waals surface area contributed by atoms with Gasteiger partial charge in [-0.3, -0.25) is 4.57 Å². The molecule has 0 aliphatic carbocycles. The van der Waals surface area contributed by atoms with Crippen LogP contribution in [0.1, 0.15) is 0 Å². The minimum absolute atomic E-state index is 0.713. The summed E-state index contributed by atoms with van der Waals surface area (Å²) >= 11 is 0. The van der Waals surface area contributed by atoms with Gasteiger partial charge in [0, 0.05) is 125 Å². The molecular formula is C138H80N12. The van der Waals surface area contributed by atoms with Crippen molar-refractivity contribution in [1.29, 1.82) is 0 Å². The second-order valence-corrected chi connectivity index (χ2v) is 39.7. The molecule has 0 atom stereocenters. The zero-order chi connectivity index (χ0) is 97.8. The van der Waals surface area contributed by atoms with Crippen molar-refractivity contribution in [2.45, 2.75) is 0 Å². The van der Waals surface area contributed by atoms with Gasteiger partial charge in [-0.25, -0.2) is 29.9 Å². The molecule has 0 aliphatic heterocycles. The van der Waals surface area contributed by atoms with Gasteiger partial charge < -0.3 is 22.3 Å². The molecule has 35 aromatic rings. The molecule has 150 heavy (non-hydrogen) atoms. The third-order valence-electron chi connectivity index (χ3n) is 31.8. The fourth-order valence-electron chi connectivity index (χ4n) is 25.7. The fraction of sp³-hybridized carbons (Fsp3) is 0. The molecule has 0 aliphatic rings. The standard InChI is InChI=1S/2C48H28N4.C42H24N4/c1-2-13-30(14-3-1)46-36-18-6-7-22-38(36)49-48(50-46)31-15-8-16-32(28-31)51-39-23-10-19-34-35-20-9-21-37-43-33-17-5-4-12-29(33)26-27-42(43)52(47(35)37)41-25-11-24-40(51)45(41)44(34)39;1-2-12-30(13-3-1)46-47(50-38-19-7-6-18-37(38)49-46)31-23-26-32(27-24-31)51-39-20-9-15-34-35-16-8-17-36-43-33-14-5-4-11-29(33)25-28-42(43)52(48(35)36)41-22-10-21-40(51)45(41)44(34)39;1-2-12-26(13-3-1)40-42(44-32-19-7-6-18-31(32)43-40)46-33-20-9-15-28-29-16-8-17-30-37-27-14-5-4-11-25(27)23-24-36(37)45(41(29)30)34-21-10-22-35(46)39(34)38(28)33/h2*1-28H;1-24H. The maximum Gasteiger partial charge on any atom is 0.165 e. The van der Waals surface area contributed by atoms with E-state index in [-0.39, 0.29) is 0 Å². The van der Waals surface area contributed by atoms with Crippen LogP contribution in [0.4, 0.5) is 0 Å². The van der Waals surface area contributed by atoms with Gasteiger partial charge in [0.2, 0.25) is 0 Å². The van der Waals surface area contributed by atoms with Crippen molar-refractivity contribution in [3.8, 4) is 73.6 Å². The van der Waals surface area contributed by atoms with Crippen LogP contribution in [0.2, 0.25) is 0 Å². The lowest BCUT2D eigenvalue weighted by atomic mass is 10.0. The molecule has 12 heterocycles. The van der Waals surface area contributed by atoms with Gasteiger partial charge in [0.25, 0.3) is 0 Å². The first kappa shape index (κ1) is 82.1.